The smallest absolute Gasteiger partial charge is 0.170 e. The highest BCUT2D eigenvalue weighted by atomic mass is 32.1. The van der Waals surface area contributed by atoms with Gasteiger partial charge >= 0.3 is 0 Å². The molecule has 0 saturated carbocycles. The number of rotatable bonds is 4. The van der Waals surface area contributed by atoms with E-state index in [2.05, 4.69) is 92.1 Å². The van der Waals surface area contributed by atoms with Crippen molar-refractivity contribution in [2.45, 2.75) is 52.2 Å². The zero-order chi connectivity index (χ0) is 21.6. The number of nitrogens with zero attached hydrogens (tertiary/aromatic N) is 3. The second-order valence-electron chi connectivity index (χ2n) is 9.49. The van der Waals surface area contributed by atoms with Gasteiger partial charge in [-0.2, -0.15) is 0 Å². The second kappa shape index (κ2) is 7.69. The fourth-order valence-electron chi connectivity index (χ4n) is 4.72. The van der Waals surface area contributed by atoms with Crippen molar-refractivity contribution in [1.82, 2.24) is 15.2 Å². The maximum absolute atomic E-state index is 5.77. The quantitative estimate of drug-likeness (QED) is 0.675. The van der Waals surface area contributed by atoms with Crippen molar-refractivity contribution >= 4 is 28.6 Å². The average Bonchev–Trinajstić information content (AvgIpc) is 3.02. The standard InChI is InChI=1S/C25H32N4S/c1-16(2)15-29-23(22(27-24(29)30)20-9-7-8-12-26-20)18-10-11-21-19(13-18)17(3)14-25(4,5)28(21)6/h7-14,16,22-23H,15H2,1-6H3,(H,27,30)/t22-,23-/m0/s1. The fourth-order valence-corrected chi connectivity index (χ4v) is 5.03. The predicted octanol–water partition coefficient (Wildman–Crippen LogP) is 5.34. The summed E-state index contributed by atoms with van der Waals surface area (Å²) in [5, 5.41) is 4.37. The van der Waals surface area contributed by atoms with Gasteiger partial charge in [-0.3, -0.25) is 4.98 Å². The number of hydrogen-bond acceptors (Lipinski definition) is 3. The lowest BCUT2D eigenvalue weighted by Gasteiger charge is -2.41. The molecule has 0 radical (unpaired) electrons. The van der Waals surface area contributed by atoms with Crippen molar-refractivity contribution in [2.75, 3.05) is 18.5 Å². The Morgan fingerprint density at radius 1 is 1.20 bits per heavy atom. The first-order chi connectivity index (χ1) is 14.2. The van der Waals surface area contributed by atoms with Crippen LogP contribution in [-0.2, 0) is 0 Å². The van der Waals surface area contributed by atoms with E-state index in [4.69, 9.17) is 12.2 Å². The normalized spacial score (nSPS) is 22.8. The summed E-state index contributed by atoms with van der Waals surface area (Å²) < 4.78 is 0. The van der Waals surface area contributed by atoms with E-state index in [1.807, 2.05) is 18.3 Å². The highest BCUT2D eigenvalue weighted by molar-refractivity contribution is 7.80. The summed E-state index contributed by atoms with van der Waals surface area (Å²) in [4.78, 5) is 9.35. The number of allylic oxidation sites excluding steroid dienone is 1. The zero-order valence-electron chi connectivity index (χ0n) is 18.8. The van der Waals surface area contributed by atoms with Gasteiger partial charge in [-0.15, -0.1) is 0 Å². The van der Waals surface area contributed by atoms with Gasteiger partial charge in [0.15, 0.2) is 5.11 Å². The van der Waals surface area contributed by atoms with Crippen LogP contribution in [0.4, 0.5) is 5.69 Å². The molecule has 3 heterocycles. The van der Waals surface area contributed by atoms with Crippen molar-refractivity contribution in [3.63, 3.8) is 0 Å². The van der Waals surface area contributed by atoms with Crippen LogP contribution in [0.5, 0.6) is 0 Å². The molecule has 0 amide bonds. The minimum absolute atomic E-state index is 0.00918. The van der Waals surface area contributed by atoms with Gasteiger partial charge in [-0.05, 0) is 74.3 Å². The van der Waals surface area contributed by atoms with Crippen LogP contribution in [0.25, 0.3) is 5.57 Å². The lowest BCUT2D eigenvalue weighted by atomic mass is 9.86. The van der Waals surface area contributed by atoms with E-state index in [1.165, 1.54) is 22.4 Å². The lowest BCUT2D eigenvalue weighted by Crippen LogP contribution is -2.42. The molecule has 1 saturated heterocycles. The number of fused-ring (bicyclic) bond motifs is 1. The maximum Gasteiger partial charge on any atom is 0.170 e. The predicted molar refractivity (Wildman–Crippen MR) is 130 cm³/mol. The minimum atomic E-state index is 0.00918. The Morgan fingerprint density at radius 2 is 1.97 bits per heavy atom. The first-order valence-electron chi connectivity index (χ1n) is 10.7. The number of hydrogen-bond donors (Lipinski definition) is 1. The summed E-state index contributed by atoms with van der Waals surface area (Å²) >= 11 is 5.77. The van der Waals surface area contributed by atoms with Crippen LogP contribution in [-0.4, -0.2) is 34.1 Å². The van der Waals surface area contributed by atoms with E-state index in [1.54, 1.807) is 0 Å². The molecule has 4 nitrogen and oxygen atoms in total. The number of aromatic nitrogens is 1. The monoisotopic (exact) mass is 420 g/mol. The molecular weight excluding hydrogens is 388 g/mol. The molecule has 1 aromatic heterocycles. The van der Waals surface area contributed by atoms with Gasteiger partial charge < -0.3 is 15.1 Å². The van der Waals surface area contributed by atoms with Crippen LogP contribution in [0, 0.1) is 5.92 Å². The molecule has 1 aromatic carbocycles. The number of nitrogens with one attached hydrogen (secondary N) is 1. The molecule has 4 rings (SSSR count). The van der Waals surface area contributed by atoms with Crippen LogP contribution in [0.1, 0.15) is 63.5 Å². The van der Waals surface area contributed by atoms with Gasteiger partial charge in [0.05, 0.1) is 23.3 Å². The van der Waals surface area contributed by atoms with Crippen LogP contribution in [0.3, 0.4) is 0 Å². The lowest BCUT2D eigenvalue weighted by molar-refractivity contribution is 0.287. The fraction of sp³-hybridized carbons (Fsp3) is 0.440. The van der Waals surface area contributed by atoms with Crippen molar-refractivity contribution in [3.05, 3.63) is 65.5 Å². The Morgan fingerprint density at radius 3 is 2.63 bits per heavy atom. The van der Waals surface area contributed by atoms with E-state index in [-0.39, 0.29) is 17.6 Å². The zero-order valence-corrected chi connectivity index (χ0v) is 19.6. The maximum atomic E-state index is 5.77. The molecule has 1 N–H and O–H groups in total. The van der Waals surface area contributed by atoms with Crippen LogP contribution < -0.4 is 10.2 Å². The van der Waals surface area contributed by atoms with Crippen molar-refractivity contribution in [2.24, 2.45) is 5.92 Å². The minimum Gasteiger partial charge on any atom is -0.366 e. The van der Waals surface area contributed by atoms with E-state index in [0.29, 0.717) is 5.92 Å². The summed E-state index contributed by atoms with van der Waals surface area (Å²) in [6, 6.07) is 13.2. The number of benzene rings is 1. The Bertz CT molecular complexity index is 980. The largest absolute Gasteiger partial charge is 0.366 e. The van der Waals surface area contributed by atoms with Crippen LogP contribution in [0.15, 0.2) is 48.7 Å². The molecule has 158 valence electrons. The third-order valence-corrected chi connectivity index (χ3v) is 6.69. The van der Waals surface area contributed by atoms with Gasteiger partial charge in [0, 0.05) is 31.0 Å². The first kappa shape index (κ1) is 20.9. The molecular formula is C25H32N4S. The molecule has 0 bridgehead atoms. The molecule has 2 aliphatic rings. The van der Waals surface area contributed by atoms with Gasteiger partial charge in [0.25, 0.3) is 0 Å². The van der Waals surface area contributed by atoms with Crippen molar-refractivity contribution in [1.29, 1.82) is 0 Å². The summed E-state index contributed by atoms with van der Waals surface area (Å²) in [5.41, 5.74) is 6.22. The highest BCUT2D eigenvalue weighted by Gasteiger charge is 2.40. The summed E-state index contributed by atoms with van der Waals surface area (Å²) in [6.07, 6.45) is 4.22. The summed E-state index contributed by atoms with van der Waals surface area (Å²) in [5.74, 6) is 0.515. The Kier molecular flexibility index (Phi) is 5.35. The molecule has 1 fully saturated rings. The molecule has 0 unspecified atom stereocenters. The number of anilines is 1. The third-order valence-electron chi connectivity index (χ3n) is 6.34. The summed E-state index contributed by atoms with van der Waals surface area (Å²) in [7, 11) is 2.18. The molecule has 2 aliphatic heterocycles. The number of pyridine rings is 1. The highest BCUT2D eigenvalue weighted by Crippen LogP contribution is 2.43. The van der Waals surface area contributed by atoms with E-state index < -0.39 is 0 Å². The van der Waals surface area contributed by atoms with Crippen LogP contribution in [0.2, 0.25) is 0 Å². The van der Waals surface area contributed by atoms with Gasteiger partial charge in [-0.1, -0.05) is 32.1 Å². The SMILES string of the molecule is CC1=CC(C)(C)N(C)c2ccc([C@H]3[C@H](c4ccccn4)NC(=S)N3CC(C)C)cc21. The van der Waals surface area contributed by atoms with E-state index in [9.17, 15) is 0 Å². The van der Waals surface area contributed by atoms with Crippen LogP contribution >= 0.6 is 12.2 Å². The molecule has 2 aromatic rings. The molecule has 30 heavy (non-hydrogen) atoms. The van der Waals surface area contributed by atoms with E-state index >= 15 is 0 Å². The Hall–Kier alpha value is -2.40. The van der Waals surface area contributed by atoms with E-state index in [0.717, 1.165) is 17.4 Å². The van der Waals surface area contributed by atoms with Crippen molar-refractivity contribution in [3.8, 4) is 0 Å². The third kappa shape index (κ3) is 3.60. The second-order valence-corrected chi connectivity index (χ2v) is 9.88. The summed E-state index contributed by atoms with van der Waals surface area (Å²) in [6.45, 7) is 12.1. The molecule has 2 atom stereocenters. The Labute approximate surface area is 186 Å². The average molecular weight is 421 g/mol. The first-order valence-corrected chi connectivity index (χ1v) is 11.2. The number of thiocarbonyl (C=S) groups is 1. The van der Waals surface area contributed by atoms with Gasteiger partial charge in [0.2, 0.25) is 0 Å². The molecule has 0 spiro atoms. The van der Waals surface area contributed by atoms with Gasteiger partial charge in [0.1, 0.15) is 0 Å². The Balaban J connectivity index is 1.81. The number of likely N-dealkylation sites (N-methyl/N-ethyl adjacent to an activating group) is 1. The van der Waals surface area contributed by atoms with Crippen molar-refractivity contribution < 1.29 is 0 Å². The molecule has 0 aliphatic carbocycles. The topological polar surface area (TPSA) is 31.4 Å². The molecule has 5 heteroatoms. The van der Waals surface area contributed by atoms with Gasteiger partial charge in [-0.25, -0.2) is 0 Å².